The molecule has 0 saturated heterocycles. The van der Waals surface area contributed by atoms with E-state index in [-0.39, 0.29) is 0 Å². The number of rotatable bonds is 3. The first kappa shape index (κ1) is 12.3. The normalized spacial score (nSPS) is 14.5. The van der Waals surface area contributed by atoms with Crippen molar-refractivity contribution in [3.8, 4) is 17.0 Å². The molecule has 1 saturated carbocycles. The van der Waals surface area contributed by atoms with Crippen LogP contribution in [0.3, 0.4) is 0 Å². The summed E-state index contributed by atoms with van der Waals surface area (Å²) >= 11 is 0. The maximum Gasteiger partial charge on any atom is 0.181 e. The molecule has 0 aliphatic heterocycles. The van der Waals surface area contributed by atoms with Crippen LogP contribution in [0.2, 0.25) is 0 Å². The van der Waals surface area contributed by atoms with Gasteiger partial charge in [0.25, 0.3) is 0 Å². The van der Waals surface area contributed by atoms with Crippen molar-refractivity contribution in [2.45, 2.75) is 18.8 Å². The molecule has 106 valence electrons. The average Bonchev–Trinajstić information content (AvgIpc) is 3.32. The molecule has 1 aliphatic carbocycles. The zero-order chi connectivity index (χ0) is 14.4. The highest BCUT2D eigenvalue weighted by Gasteiger charge is 2.24. The van der Waals surface area contributed by atoms with Crippen LogP contribution in [0, 0.1) is 0 Å². The molecule has 4 nitrogen and oxygen atoms in total. The fourth-order valence-corrected chi connectivity index (χ4v) is 2.79. The van der Waals surface area contributed by atoms with E-state index >= 15 is 0 Å². The van der Waals surface area contributed by atoms with E-state index in [0.717, 1.165) is 28.6 Å². The Labute approximate surface area is 123 Å². The molecule has 4 rings (SSSR count). The van der Waals surface area contributed by atoms with E-state index in [1.807, 2.05) is 22.7 Å². The van der Waals surface area contributed by atoms with Crippen LogP contribution in [0.4, 0.5) is 5.82 Å². The van der Waals surface area contributed by atoms with Crippen molar-refractivity contribution in [3.63, 3.8) is 0 Å². The summed E-state index contributed by atoms with van der Waals surface area (Å²) in [5.41, 5.74) is 10.3. The monoisotopic (exact) mass is 279 g/mol. The largest absolute Gasteiger partial charge is 0.493 e. The number of nitrogen functional groups attached to an aromatic ring is 1. The second-order valence-electron chi connectivity index (χ2n) is 5.52. The van der Waals surface area contributed by atoms with Crippen molar-refractivity contribution in [1.82, 2.24) is 9.38 Å². The maximum atomic E-state index is 6.28. The number of aromatic nitrogens is 2. The first-order chi connectivity index (χ1) is 10.3. The highest BCUT2D eigenvalue weighted by atomic mass is 16.5. The van der Waals surface area contributed by atoms with Gasteiger partial charge in [-0.2, -0.15) is 0 Å². The van der Waals surface area contributed by atoms with Gasteiger partial charge in [0.05, 0.1) is 7.11 Å². The fraction of sp³-hybridized carbons (Fsp3) is 0.235. The summed E-state index contributed by atoms with van der Waals surface area (Å²) in [6.45, 7) is 0. The molecule has 0 bridgehead atoms. The van der Waals surface area contributed by atoms with Crippen molar-refractivity contribution in [2.24, 2.45) is 0 Å². The van der Waals surface area contributed by atoms with E-state index in [0.29, 0.717) is 5.82 Å². The first-order valence-electron chi connectivity index (χ1n) is 7.19. The zero-order valence-electron chi connectivity index (χ0n) is 11.9. The van der Waals surface area contributed by atoms with E-state index in [2.05, 4.69) is 29.2 Å². The van der Waals surface area contributed by atoms with Crippen molar-refractivity contribution in [3.05, 3.63) is 48.2 Å². The number of benzene rings is 1. The van der Waals surface area contributed by atoms with Crippen LogP contribution in [-0.2, 0) is 0 Å². The Morgan fingerprint density at radius 3 is 2.86 bits per heavy atom. The van der Waals surface area contributed by atoms with Gasteiger partial charge in [-0.25, -0.2) is 4.98 Å². The summed E-state index contributed by atoms with van der Waals surface area (Å²) in [7, 11) is 1.65. The van der Waals surface area contributed by atoms with Crippen molar-refractivity contribution in [2.75, 3.05) is 12.8 Å². The summed E-state index contributed by atoms with van der Waals surface area (Å²) < 4.78 is 7.24. The predicted octanol–water partition coefficient (Wildman–Crippen LogP) is 3.47. The highest BCUT2D eigenvalue weighted by Crippen LogP contribution is 2.41. The van der Waals surface area contributed by atoms with Crippen LogP contribution in [0.5, 0.6) is 5.75 Å². The maximum absolute atomic E-state index is 6.28. The number of methoxy groups -OCH3 is 1. The number of anilines is 1. The summed E-state index contributed by atoms with van der Waals surface area (Å²) in [5.74, 6) is 2.10. The number of fused-ring (bicyclic) bond motifs is 1. The number of nitrogens with zero attached hydrogens (tertiary/aromatic N) is 2. The molecule has 1 aliphatic rings. The Balaban J connectivity index is 1.90. The third kappa shape index (κ3) is 1.95. The standard InChI is InChI=1S/C17H17N3O/c1-21-14-6-3-9-20-16(18)15(19-17(14)20)13-5-2-4-12(10-13)11-7-8-11/h2-6,9-11H,7-8,18H2,1H3. The number of pyridine rings is 1. The Kier molecular flexibility index (Phi) is 2.64. The lowest BCUT2D eigenvalue weighted by Gasteiger charge is -2.03. The molecular weight excluding hydrogens is 262 g/mol. The zero-order valence-corrected chi connectivity index (χ0v) is 11.9. The van der Waals surface area contributed by atoms with E-state index in [4.69, 9.17) is 10.5 Å². The molecule has 0 unspecified atom stereocenters. The quantitative estimate of drug-likeness (QED) is 0.798. The lowest BCUT2D eigenvalue weighted by molar-refractivity contribution is 0.417. The average molecular weight is 279 g/mol. The molecule has 4 heteroatoms. The molecule has 0 spiro atoms. The van der Waals surface area contributed by atoms with Gasteiger partial charge in [-0.05, 0) is 42.5 Å². The minimum absolute atomic E-state index is 0.650. The SMILES string of the molecule is COc1cccn2c(N)c(-c3cccc(C4CC4)c3)nc12. The Morgan fingerprint density at radius 2 is 2.10 bits per heavy atom. The van der Waals surface area contributed by atoms with Gasteiger partial charge in [0.1, 0.15) is 11.5 Å². The molecule has 0 amide bonds. The van der Waals surface area contributed by atoms with E-state index < -0.39 is 0 Å². The van der Waals surface area contributed by atoms with Gasteiger partial charge < -0.3 is 10.5 Å². The van der Waals surface area contributed by atoms with Crippen LogP contribution >= 0.6 is 0 Å². The van der Waals surface area contributed by atoms with Gasteiger partial charge in [-0.3, -0.25) is 4.40 Å². The van der Waals surface area contributed by atoms with Gasteiger partial charge in [0, 0.05) is 11.8 Å². The molecule has 0 radical (unpaired) electrons. The second-order valence-corrected chi connectivity index (χ2v) is 5.52. The van der Waals surface area contributed by atoms with Gasteiger partial charge >= 0.3 is 0 Å². The number of nitrogens with two attached hydrogens (primary N) is 1. The van der Waals surface area contributed by atoms with Gasteiger partial charge in [-0.15, -0.1) is 0 Å². The minimum atomic E-state index is 0.650. The molecule has 3 aromatic rings. The lowest BCUT2D eigenvalue weighted by atomic mass is 10.1. The molecule has 1 fully saturated rings. The van der Waals surface area contributed by atoms with Gasteiger partial charge in [0.2, 0.25) is 0 Å². The first-order valence-corrected chi connectivity index (χ1v) is 7.19. The molecule has 21 heavy (non-hydrogen) atoms. The fourth-order valence-electron chi connectivity index (χ4n) is 2.79. The molecule has 1 aromatic carbocycles. The topological polar surface area (TPSA) is 52.5 Å². The minimum Gasteiger partial charge on any atom is -0.493 e. The van der Waals surface area contributed by atoms with E-state index in [9.17, 15) is 0 Å². The Hall–Kier alpha value is -2.49. The molecule has 0 atom stereocenters. The van der Waals surface area contributed by atoms with Gasteiger partial charge in [-0.1, -0.05) is 18.2 Å². The van der Waals surface area contributed by atoms with Crippen LogP contribution < -0.4 is 10.5 Å². The van der Waals surface area contributed by atoms with Crippen LogP contribution in [0.1, 0.15) is 24.3 Å². The molecular formula is C17H17N3O. The summed E-state index contributed by atoms with van der Waals surface area (Å²) in [4.78, 5) is 4.69. The summed E-state index contributed by atoms with van der Waals surface area (Å²) in [6.07, 6.45) is 4.49. The third-order valence-corrected chi connectivity index (χ3v) is 4.08. The third-order valence-electron chi connectivity index (χ3n) is 4.08. The van der Waals surface area contributed by atoms with Crippen LogP contribution in [0.25, 0.3) is 16.9 Å². The van der Waals surface area contributed by atoms with E-state index in [1.54, 1.807) is 7.11 Å². The number of hydrogen-bond donors (Lipinski definition) is 1. The van der Waals surface area contributed by atoms with E-state index in [1.165, 1.54) is 18.4 Å². The number of hydrogen-bond acceptors (Lipinski definition) is 3. The number of ether oxygens (including phenoxy) is 1. The molecule has 2 N–H and O–H groups in total. The molecule has 2 aromatic heterocycles. The lowest BCUT2D eigenvalue weighted by Crippen LogP contribution is -1.95. The van der Waals surface area contributed by atoms with Crippen molar-refractivity contribution >= 4 is 11.5 Å². The molecule has 2 heterocycles. The van der Waals surface area contributed by atoms with Gasteiger partial charge in [0.15, 0.2) is 11.4 Å². The Morgan fingerprint density at radius 1 is 1.24 bits per heavy atom. The van der Waals surface area contributed by atoms with Crippen molar-refractivity contribution < 1.29 is 4.74 Å². The smallest absolute Gasteiger partial charge is 0.181 e. The second kappa shape index (κ2) is 4.52. The van der Waals surface area contributed by atoms with Crippen molar-refractivity contribution in [1.29, 1.82) is 0 Å². The van der Waals surface area contributed by atoms with Crippen LogP contribution in [0.15, 0.2) is 42.6 Å². The highest BCUT2D eigenvalue weighted by molar-refractivity contribution is 5.77. The van der Waals surface area contributed by atoms with Crippen LogP contribution in [-0.4, -0.2) is 16.5 Å². The predicted molar refractivity (Wildman–Crippen MR) is 83.6 cm³/mol. The number of imidazole rings is 1. The Bertz CT molecular complexity index is 818. The summed E-state index contributed by atoms with van der Waals surface area (Å²) in [6, 6.07) is 12.4. The summed E-state index contributed by atoms with van der Waals surface area (Å²) in [5, 5.41) is 0.